The summed E-state index contributed by atoms with van der Waals surface area (Å²) in [5.41, 5.74) is 2.92. The molecule has 3 rings (SSSR count). The maximum absolute atomic E-state index is 12.3. The molecule has 0 aromatic heterocycles. The van der Waals surface area contributed by atoms with Crippen LogP contribution in [0.3, 0.4) is 0 Å². The van der Waals surface area contributed by atoms with Gasteiger partial charge in [-0.1, -0.05) is 48.5 Å². The van der Waals surface area contributed by atoms with Crippen molar-refractivity contribution >= 4 is 18.0 Å². The number of hydrogen-bond acceptors (Lipinski definition) is 5. The van der Waals surface area contributed by atoms with Crippen molar-refractivity contribution in [3.8, 4) is 11.1 Å². The summed E-state index contributed by atoms with van der Waals surface area (Å²) < 4.78 is 5.42. The number of aliphatic carboxylic acids is 1. The van der Waals surface area contributed by atoms with Crippen LogP contribution in [0.4, 0.5) is 4.79 Å². The van der Waals surface area contributed by atoms with Gasteiger partial charge in [-0.2, -0.15) is 0 Å². The molecule has 4 N–H and O–H groups in total. The van der Waals surface area contributed by atoms with Crippen molar-refractivity contribution in [1.29, 1.82) is 0 Å². The van der Waals surface area contributed by atoms with Gasteiger partial charge in [0.25, 0.3) is 5.91 Å². The van der Waals surface area contributed by atoms with Crippen molar-refractivity contribution in [2.45, 2.75) is 50.7 Å². The third kappa shape index (κ3) is 6.10. The number of benzene rings is 2. The van der Waals surface area contributed by atoms with E-state index in [4.69, 9.17) is 4.74 Å². The Labute approximate surface area is 193 Å². The lowest BCUT2D eigenvalue weighted by atomic mass is 9.98. The van der Waals surface area contributed by atoms with Gasteiger partial charge in [0.15, 0.2) is 0 Å². The minimum absolute atomic E-state index is 0.106. The van der Waals surface area contributed by atoms with Crippen molar-refractivity contribution in [3.05, 3.63) is 59.7 Å². The fourth-order valence-corrected chi connectivity index (χ4v) is 3.93. The van der Waals surface area contributed by atoms with Crippen molar-refractivity contribution in [2.24, 2.45) is 0 Å². The quantitative estimate of drug-likeness (QED) is 0.409. The van der Waals surface area contributed by atoms with Gasteiger partial charge in [-0.15, -0.1) is 0 Å². The van der Waals surface area contributed by atoms with Crippen molar-refractivity contribution < 1.29 is 29.3 Å². The number of amides is 2. The minimum Gasteiger partial charge on any atom is -0.480 e. The molecule has 0 aliphatic heterocycles. The molecular formula is C25H30N2O6. The van der Waals surface area contributed by atoms with Crippen LogP contribution in [0.25, 0.3) is 11.1 Å². The Morgan fingerprint density at radius 2 is 1.58 bits per heavy atom. The van der Waals surface area contributed by atoms with E-state index < -0.39 is 29.6 Å². The molecule has 1 aliphatic carbocycles. The number of unbranched alkanes of at least 4 members (excludes halogenated alkanes) is 1. The Hall–Kier alpha value is -3.39. The Morgan fingerprint density at radius 1 is 1.00 bits per heavy atom. The molecule has 8 heteroatoms. The Balaban J connectivity index is 1.49. The number of carboxylic acid groups (broad SMARTS) is 1. The first kappa shape index (κ1) is 24.3. The molecule has 0 saturated carbocycles. The van der Waals surface area contributed by atoms with Crippen LogP contribution in [0.2, 0.25) is 0 Å². The SMILES string of the molecule is CC(C)(O)C(=O)NCCCC[C@H](NC(=O)OCC1c2ccccc2-c2ccccc21)C(=O)O. The molecule has 0 saturated heterocycles. The maximum atomic E-state index is 12.3. The highest BCUT2D eigenvalue weighted by Gasteiger charge is 2.29. The molecule has 0 unspecified atom stereocenters. The first-order valence-corrected chi connectivity index (χ1v) is 11.0. The third-order valence-electron chi connectivity index (χ3n) is 5.69. The summed E-state index contributed by atoms with van der Waals surface area (Å²) in [4.78, 5) is 35.5. The summed E-state index contributed by atoms with van der Waals surface area (Å²) in [6, 6.07) is 14.8. The van der Waals surface area contributed by atoms with Gasteiger partial charge in [0.1, 0.15) is 18.2 Å². The zero-order chi connectivity index (χ0) is 24.0. The van der Waals surface area contributed by atoms with Crippen LogP contribution in [0.15, 0.2) is 48.5 Å². The van der Waals surface area contributed by atoms with Crippen LogP contribution >= 0.6 is 0 Å². The van der Waals surface area contributed by atoms with E-state index >= 15 is 0 Å². The van der Waals surface area contributed by atoms with Crippen LogP contribution in [0, 0.1) is 0 Å². The molecule has 2 aromatic carbocycles. The molecule has 1 atom stereocenters. The van der Waals surface area contributed by atoms with Crippen LogP contribution in [-0.2, 0) is 14.3 Å². The predicted molar refractivity (Wildman–Crippen MR) is 123 cm³/mol. The lowest BCUT2D eigenvalue weighted by Crippen LogP contribution is -2.43. The molecule has 176 valence electrons. The van der Waals surface area contributed by atoms with Crippen molar-refractivity contribution in [3.63, 3.8) is 0 Å². The first-order valence-electron chi connectivity index (χ1n) is 11.0. The lowest BCUT2D eigenvalue weighted by molar-refractivity contribution is -0.139. The second-order valence-corrected chi connectivity index (χ2v) is 8.67. The molecule has 0 radical (unpaired) electrons. The number of fused-ring (bicyclic) bond motifs is 3. The summed E-state index contributed by atoms with van der Waals surface area (Å²) in [5.74, 6) is -1.75. The van der Waals surface area contributed by atoms with Crippen LogP contribution in [0.1, 0.15) is 50.2 Å². The van der Waals surface area contributed by atoms with Gasteiger partial charge < -0.3 is 25.6 Å². The van der Waals surface area contributed by atoms with E-state index in [1.165, 1.54) is 13.8 Å². The second kappa shape index (κ2) is 10.5. The molecule has 0 fully saturated rings. The third-order valence-corrected chi connectivity index (χ3v) is 5.69. The monoisotopic (exact) mass is 454 g/mol. The fraction of sp³-hybridized carbons (Fsp3) is 0.400. The van der Waals surface area contributed by atoms with Gasteiger partial charge >= 0.3 is 12.1 Å². The van der Waals surface area contributed by atoms with Gasteiger partial charge in [-0.05, 0) is 55.4 Å². The molecule has 0 bridgehead atoms. The first-order chi connectivity index (χ1) is 15.7. The smallest absolute Gasteiger partial charge is 0.407 e. The average molecular weight is 455 g/mol. The second-order valence-electron chi connectivity index (χ2n) is 8.67. The largest absolute Gasteiger partial charge is 0.480 e. The van der Waals surface area contributed by atoms with E-state index in [2.05, 4.69) is 10.6 Å². The van der Waals surface area contributed by atoms with E-state index in [-0.39, 0.29) is 18.9 Å². The highest BCUT2D eigenvalue weighted by atomic mass is 16.5. The van der Waals surface area contributed by atoms with E-state index in [1.54, 1.807) is 0 Å². The standard InChI is InChI=1S/C25H30N2O6/c1-25(2,32)23(30)26-14-8-7-13-21(22(28)29)27-24(31)33-15-20-18-11-5-3-9-16(18)17-10-4-6-12-19(17)20/h3-6,9-12,20-21,32H,7-8,13-15H2,1-2H3,(H,26,30)(H,27,31)(H,28,29)/t21-/m0/s1. The highest BCUT2D eigenvalue weighted by molar-refractivity contribution is 5.84. The number of carboxylic acids is 1. The zero-order valence-corrected chi connectivity index (χ0v) is 18.8. The average Bonchev–Trinajstić information content (AvgIpc) is 3.09. The van der Waals surface area contributed by atoms with Gasteiger partial charge in [0, 0.05) is 12.5 Å². The van der Waals surface area contributed by atoms with Gasteiger partial charge in [0.2, 0.25) is 0 Å². The van der Waals surface area contributed by atoms with E-state index in [9.17, 15) is 24.6 Å². The molecule has 8 nitrogen and oxygen atoms in total. The van der Waals surface area contributed by atoms with Gasteiger partial charge in [-0.3, -0.25) is 4.79 Å². The Kier molecular flexibility index (Phi) is 7.71. The number of nitrogens with one attached hydrogen (secondary N) is 2. The number of rotatable bonds is 10. The predicted octanol–water partition coefficient (Wildman–Crippen LogP) is 3.04. The normalized spacial score (nSPS) is 13.5. The number of ether oxygens (including phenoxy) is 1. The molecule has 2 aromatic rings. The van der Waals surface area contributed by atoms with Crippen molar-refractivity contribution in [1.82, 2.24) is 10.6 Å². The van der Waals surface area contributed by atoms with Crippen LogP contribution in [-0.4, -0.2) is 53.0 Å². The number of carbonyl (C=O) groups excluding carboxylic acids is 2. The van der Waals surface area contributed by atoms with Gasteiger partial charge in [0.05, 0.1) is 0 Å². The van der Waals surface area contributed by atoms with Crippen LogP contribution < -0.4 is 10.6 Å². The minimum atomic E-state index is -1.46. The van der Waals surface area contributed by atoms with Crippen LogP contribution in [0.5, 0.6) is 0 Å². The summed E-state index contributed by atoms with van der Waals surface area (Å²) in [6.07, 6.45) is 0.391. The van der Waals surface area contributed by atoms with E-state index in [0.717, 1.165) is 22.3 Å². The molecular weight excluding hydrogens is 424 g/mol. The molecule has 1 aliphatic rings. The number of alkyl carbamates (subject to hydrolysis) is 1. The summed E-state index contributed by atoms with van der Waals surface area (Å²) in [5, 5.41) is 24.0. The lowest BCUT2D eigenvalue weighted by Gasteiger charge is -2.18. The summed E-state index contributed by atoms with van der Waals surface area (Å²) in [6.45, 7) is 3.19. The molecule has 0 heterocycles. The topological polar surface area (TPSA) is 125 Å². The number of aliphatic hydroxyl groups is 1. The maximum Gasteiger partial charge on any atom is 0.407 e. The van der Waals surface area contributed by atoms with E-state index in [1.807, 2.05) is 48.5 Å². The van der Waals surface area contributed by atoms with Gasteiger partial charge in [-0.25, -0.2) is 9.59 Å². The highest BCUT2D eigenvalue weighted by Crippen LogP contribution is 2.44. The number of carbonyl (C=O) groups is 3. The Bertz CT molecular complexity index is 968. The Morgan fingerprint density at radius 3 is 2.12 bits per heavy atom. The summed E-state index contributed by atoms with van der Waals surface area (Å²) >= 11 is 0. The fourth-order valence-electron chi connectivity index (χ4n) is 3.93. The summed E-state index contributed by atoms with van der Waals surface area (Å²) in [7, 11) is 0. The van der Waals surface area contributed by atoms with E-state index in [0.29, 0.717) is 19.4 Å². The molecule has 2 amide bonds. The zero-order valence-electron chi connectivity index (χ0n) is 18.8. The molecule has 0 spiro atoms. The number of hydrogen-bond donors (Lipinski definition) is 4. The molecule has 33 heavy (non-hydrogen) atoms. The van der Waals surface area contributed by atoms with Crippen molar-refractivity contribution in [2.75, 3.05) is 13.2 Å².